The summed E-state index contributed by atoms with van der Waals surface area (Å²) in [6.07, 6.45) is 2.94. The highest BCUT2D eigenvalue weighted by atomic mass is 16.6. The lowest BCUT2D eigenvalue weighted by molar-refractivity contribution is -0.385. The van der Waals surface area contributed by atoms with Crippen molar-refractivity contribution in [1.82, 2.24) is 14.8 Å². The van der Waals surface area contributed by atoms with E-state index in [1.165, 1.54) is 17.7 Å². The van der Waals surface area contributed by atoms with Crippen LogP contribution in [-0.4, -0.2) is 57.5 Å². The number of nitro benzene ring substituents is 1. The quantitative estimate of drug-likeness (QED) is 0.637. The molecule has 2 aromatic rings. The number of pyridine rings is 1. The molecule has 1 atom stereocenters. The molecule has 0 aliphatic carbocycles. The van der Waals surface area contributed by atoms with E-state index >= 15 is 0 Å². The lowest BCUT2D eigenvalue weighted by Gasteiger charge is -2.35. The van der Waals surface area contributed by atoms with E-state index in [4.69, 9.17) is 0 Å². The zero-order chi connectivity index (χ0) is 17.6. The second-order valence-electron chi connectivity index (χ2n) is 6.31. The molecule has 1 aliphatic rings. The van der Waals surface area contributed by atoms with Gasteiger partial charge < -0.3 is 5.11 Å². The van der Waals surface area contributed by atoms with E-state index < -0.39 is 11.0 Å². The second-order valence-corrected chi connectivity index (χ2v) is 6.31. The van der Waals surface area contributed by atoms with Crippen LogP contribution in [0.3, 0.4) is 0 Å². The number of non-ortho nitro benzene ring substituents is 1. The van der Waals surface area contributed by atoms with Gasteiger partial charge in [0.15, 0.2) is 0 Å². The predicted molar refractivity (Wildman–Crippen MR) is 94.0 cm³/mol. The monoisotopic (exact) mass is 342 g/mol. The van der Waals surface area contributed by atoms with Crippen LogP contribution in [0.25, 0.3) is 0 Å². The third-order valence-corrected chi connectivity index (χ3v) is 4.49. The minimum absolute atomic E-state index is 0.0119. The Labute approximate surface area is 146 Å². The molecule has 0 bridgehead atoms. The van der Waals surface area contributed by atoms with Crippen molar-refractivity contribution in [3.63, 3.8) is 0 Å². The number of piperazine rings is 1. The van der Waals surface area contributed by atoms with E-state index in [-0.39, 0.29) is 5.69 Å². The van der Waals surface area contributed by atoms with Crippen LogP contribution >= 0.6 is 0 Å². The van der Waals surface area contributed by atoms with Gasteiger partial charge in [-0.15, -0.1) is 0 Å². The summed E-state index contributed by atoms with van der Waals surface area (Å²) >= 11 is 0. The molecule has 7 nitrogen and oxygen atoms in total. The molecule has 132 valence electrons. The summed E-state index contributed by atoms with van der Waals surface area (Å²) in [6, 6.07) is 10.3. The molecule has 0 amide bonds. The van der Waals surface area contributed by atoms with Gasteiger partial charge in [0, 0.05) is 63.8 Å². The summed E-state index contributed by atoms with van der Waals surface area (Å²) in [7, 11) is 0. The second kappa shape index (κ2) is 8.15. The maximum atomic E-state index is 10.9. The van der Waals surface area contributed by atoms with Gasteiger partial charge in [-0.05, 0) is 17.2 Å². The summed E-state index contributed by atoms with van der Waals surface area (Å²) in [5.41, 5.74) is 1.80. The molecule has 1 N–H and O–H groups in total. The number of benzene rings is 1. The number of nitro groups is 1. The van der Waals surface area contributed by atoms with Crippen molar-refractivity contribution in [1.29, 1.82) is 0 Å². The van der Waals surface area contributed by atoms with E-state index in [9.17, 15) is 15.2 Å². The molecule has 1 saturated heterocycles. The van der Waals surface area contributed by atoms with E-state index in [2.05, 4.69) is 20.9 Å². The van der Waals surface area contributed by atoms with Crippen LogP contribution < -0.4 is 0 Å². The average molecular weight is 342 g/mol. The molecule has 1 aromatic heterocycles. The maximum absolute atomic E-state index is 10.9. The molecular weight excluding hydrogens is 320 g/mol. The molecule has 2 heterocycles. The van der Waals surface area contributed by atoms with Gasteiger partial charge >= 0.3 is 0 Å². The summed E-state index contributed by atoms with van der Waals surface area (Å²) in [5, 5.41) is 21.2. The Morgan fingerprint density at radius 1 is 1.16 bits per heavy atom. The first-order chi connectivity index (χ1) is 12.1. The van der Waals surface area contributed by atoms with Gasteiger partial charge in [-0.1, -0.05) is 18.2 Å². The molecule has 7 heteroatoms. The average Bonchev–Trinajstić information content (AvgIpc) is 2.64. The number of aromatic nitrogens is 1. The minimum atomic E-state index is -0.718. The first kappa shape index (κ1) is 17.5. The summed E-state index contributed by atoms with van der Waals surface area (Å²) < 4.78 is 0. The molecule has 1 aliphatic heterocycles. The Balaban J connectivity index is 1.50. The molecule has 0 spiro atoms. The highest BCUT2D eigenvalue weighted by Crippen LogP contribution is 2.20. The number of hydrogen-bond donors (Lipinski definition) is 1. The van der Waals surface area contributed by atoms with Crippen molar-refractivity contribution >= 4 is 5.69 Å². The number of hydrogen-bond acceptors (Lipinski definition) is 6. The highest BCUT2D eigenvalue weighted by molar-refractivity contribution is 5.35. The molecule has 1 aromatic carbocycles. The maximum Gasteiger partial charge on any atom is 0.269 e. The lowest BCUT2D eigenvalue weighted by Crippen LogP contribution is -2.47. The molecule has 0 saturated carbocycles. The van der Waals surface area contributed by atoms with Crippen molar-refractivity contribution in [3.8, 4) is 0 Å². The fraction of sp³-hybridized carbons (Fsp3) is 0.389. The van der Waals surface area contributed by atoms with Crippen molar-refractivity contribution in [3.05, 3.63) is 70.0 Å². The summed E-state index contributed by atoms with van der Waals surface area (Å²) in [5.74, 6) is 0. The Kier molecular flexibility index (Phi) is 5.70. The van der Waals surface area contributed by atoms with Crippen LogP contribution in [-0.2, 0) is 6.54 Å². The largest absolute Gasteiger partial charge is 0.387 e. The van der Waals surface area contributed by atoms with Crippen molar-refractivity contribution < 1.29 is 10.0 Å². The van der Waals surface area contributed by atoms with Gasteiger partial charge in [0.25, 0.3) is 5.69 Å². The van der Waals surface area contributed by atoms with Gasteiger partial charge in [-0.3, -0.25) is 24.9 Å². The third kappa shape index (κ3) is 4.82. The molecule has 0 radical (unpaired) electrons. The van der Waals surface area contributed by atoms with Gasteiger partial charge in [0.2, 0.25) is 0 Å². The van der Waals surface area contributed by atoms with E-state index in [0.29, 0.717) is 12.1 Å². The van der Waals surface area contributed by atoms with E-state index in [1.54, 1.807) is 18.3 Å². The van der Waals surface area contributed by atoms with Crippen molar-refractivity contribution in [2.45, 2.75) is 12.6 Å². The summed E-state index contributed by atoms with van der Waals surface area (Å²) in [6.45, 7) is 4.96. The number of rotatable bonds is 6. The first-order valence-corrected chi connectivity index (χ1v) is 8.38. The lowest BCUT2D eigenvalue weighted by atomic mass is 10.1. The fourth-order valence-corrected chi connectivity index (χ4v) is 3.08. The molecule has 1 fully saturated rings. The summed E-state index contributed by atoms with van der Waals surface area (Å²) in [4.78, 5) is 19.1. The van der Waals surface area contributed by atoms with Crippen LogP contribution in [0.15, 0.2) is 48.8 Å². The van der Waals surface area contributed by atoms with Gasteiger partial charge in [0.05, 0.1) is 11.0 Å². The molecule has 3 rings (SSSR count). The Morgan fingerprint density at radius 3 is 2.60 bits per heavy atom. The number of aliphatic hydroxyl groups is 1. The van der Waals surface area contributed by atoms with Gasteiger partial charge in [-0.2, -0.15) is 0 Å². The topological polar surface area (TPSA) is 82.7 Å². The SMILES string of the molecule is O=[N+]([O-])c1cccc(C(O)CN2CCN(Cc3cccnc3)CC2)c1. The molecule has 25 heavy (non-hydrogen) atoms. The van der Waals surface area contributed by atoms with Gasteiger partial charge in [0.1, 0.15) is 0 Å². The zero-order valence-corrected chi connectivity index (χ0v) is 14.0. The Bertz CT molecular complexity index is 702. The van der Waals surface area contributed by atoms with E-state index in [0.717, 1.165) is 32.7 Å². The van der Waals surface area contributed by atoms with Crippen LogP contribution in [0.4, 0.5) is 5.69 Å². The smallest absolute Gasteiger partial charge is 0.269 e. The zero-order valence-electron chi connectivity index (χ0n) is 14.0. The molecule has 1 unspecified atom stereocenters. The van der Waals surface area contributed by atoms with Crippen LogP contribution in [0.2, 0.25) is 0 Å². The number of β-amino-alcohol motifs (C(OH)–C–C–N with tert-alkyl or cyclic N) is 1. The highest BCUT2D eigenvalue weighted by Gasteiger charge is 2.21. The normalized spacial score (nSPS) is 17.3. The van der Waals surface area contributed by atoms with Gasteiger partial charge in [-0.25, -0.2) is 0 Å². The van der Waals surface area contributed by atoms with Crippen molar-refractivity contribution in [2.75, 3.05) is 32.7 Å². The molecular formula is C18H22N4O3. The fourth-order valence-electron chi connectivity index (χ4n) is 3.08. The minimum Gasteiger partial charge on any atom is -0.387 e. The standard InChI is InChI=1S/C18H22N4O3/c23-18(16-4-1-5-17(11-16)22(24)25)14-21-9-7-20(8-10-21)13-15-3-2-6-19-12-15/h1-6,11-12,18,23H,7-10,13-14H2. The van der Waals surface area contributed by atoms with Crippen LogP contribution in [0.5, 0.6) is 0 Å². The first-order valence-electron chi connectivity index (χ1n) is 8.38. The predicted octanol–water partition coefficient (Wildman–Crippen LogP) is 1.84. The third-order valence-electron chi connectivity index (χ3n) is 4.49. The van der Waals surface area contributed by atoms with Crippen molar-refractivity contribution in [2.24, 2.45) is 0 Å². The number of aliphatic hydroxyl groups excluding tert-OH is 1. The van der Waals surface area contributed by atoms with E-state index in [1.807, 2.05) is 12.3 Å². The number of nitrogens with zero attached hydrogens (tertiary/aromatic N) is 4. The van der Waals surface area contributed by atoms with Crippen LogP contribution in [0, 0.1) is 10.1 Å². The Morgan fingerprint density at radius 2 is 1.92 bits per heavy atom. The van der Waals surface area contributed by atoms with Crippen LogP contribution in [0.1, 0.15) is 17.2 Å². The Hall–Kier alpha value is -2.35.